The van der Waals surface area contributed by atoms with Crippen molar-refractivity contribution in [2.75, 3.05) is 19.8 Å². The van der Waals surface area contributed by atoms with E-state index in [1.54, 1.807) is 6.92 Å². The van der Waals surface area contributed by atoms with Crippen LogP contribution in [0, 0.1) is 0 Å². The van der Waals surface area contributed by atoms with Gasteiger partial charge in [0, 0.05) is 13.2 Å². The Bertz CT molecular complexity index is 163. The minimum absolute atomic E-state index is 0.115. The number of carbonyl (C=O) groups excluding carboxylic acids is 1. The molecule has 0 heterocycles. The van der Waals surface area contributed by atoms with E-state index in [0.717, 1.165) is 0 Å². The maximum absolute atomic E-state index is 11.2. The predicted molar refractivity (Wildman–Crippen MR) is 51.7 cm³/mol. The maximum Gasteiger partial charge on any atom is 0.323 e. The average Bonchev–Trinajstić information content (AvgIpc) is 2.15. The van der Waals surface area contributed by atoms with E-state index >= 15 is 0 Å². The van der Waals surface area contributed by atoms with Gasteiger partial charge in [-0.05, 0) is 20.3 Å². The van der Waals surface area contributed by atoms with Gasteiger partial charge in [0.15, 0.2) is 0 Å². The number of aliphatic hydroxyl groups is 1. The topological polar surface area (TPSA) is 81.8 Å². The first-order chi connectivity index (χ1) is 6.61. The van der Waals surface area contributed by atoms with Crippen molar-refractivity contribution in [3.63, 3.8) is 0 Å². The van der Waals surface area contributed by atoms with Crippen LogP contribution in [0.4, 0.5) is 0 Å². The minimum Gasteiger partial charge on any atom is -0.459 e. The third kappa shape index (κ3) is 5.90. The second-order valence-electron chi connectivity index (χ2n) is 3.03. The summed E-state index contributed by atoms with van der Waals surface area (Å²) in [5, 5.41) is 8.55. The average molecular weight is 205 g/mol. The molecule has 0 aromatic rings. The lowest BCUT2D eigenvalue weighted by Gasteiger charge is -2.15. The number of hydrogen-bond donors (Lipinski definition) is 2. The quantitative estimate of drug-likeness (QED) is 0.556. The van der Waals surface area contributed by atoms with Gasteiger partial charge in [-0.25, -0.2) is 0 Å². The van der Waals surface area contributed by atoms with Crippen LogP contribution in [-0.2, 0) is 14.3 Å². The first-order valence-electron chi connectivity index (χ1n) is 4.76. The highest BCUT2D eigenvalue weighted by molar-refractivity contribution is 5.75. The molecule has 0 aliphatic heterocycles. The van der Waals surface area contributed by atoms with Crippen molar-refractivity contribution in [3.05, 3.63) is 0 Å². The number of nitrogens with two attached hydrogens (primary N) is 1. The second kappa shape index (κ2) is 7.73. The van der Waals surface area contributed by atoms with Gasteiger partial charge in [-0.1, -0.05) is 0 Å². The molecular formula is C9H19NO4. The molecule has 0 aliphatic carbocycles. The summed E-state index contributed by atoms with van der Waals surface area (Å²) in [6.07, 6.45) is -0.0765. The Morgan fingerprint density at radius 2 is 2.21 bits per heavy atom. The molecule has 0 saturated carbocycles. The summed E-state index contributed by atoms with van der Waals surface area (Å²) >= 11 is 0. The van der Waals surface area contributed by atoms with Gasteiger partial charge in [0.2, 0.25) is 0 Å². The Balaban J connectivity index is 3.69. The molecule has 14 heavy (non-hydrogen) atoms. The van der Waals surface area contributed by atoms with Crippen molar-refractivity contribution in [3.8, 4) is 0 Å². The molecule has 0 amide bonds. The Morgan fingerprint density at radius 3 is 2.71 bits per heavy atom. The zero-order chi connectivity index (χ0) is 11.0. The lowest BCUT2D eigenvalue weighted by atomic mass is 10.2. The third-order valence-corrected chi connectivity index (χ3v) is 1.62. The summed E-state index contributed by atoms with van der Waals surface area (Å²) in [6.45, 7) is 4.44. The second-order valence-corrected chi connectivity index (χ2v) is 3.03. The molecule has 0 saturated heterocycles. The molecule has 0 aromatic heterocycles. The van der Waals surface area contributed by atoms with Crippen LogP contribution in [-0.4, -0.2) is 43.0 Å². The molecule has 0 rings (SSSR count). The SMILES string of the molecule is CCOCC(C)OC(=O)C(N)CCO. The number of carbonyl (C=O) groups is 1. The van der Waals surface area contributed by atoms with Crippen LogP contribution < -0.4 is 5.73 Å². The first-order valence-corrected chi connectivity index (χ1v) is 4.76. The fraction of sp³-hybridized carbons (Fsp3) is 0.889. The number of hydrogen-bond acceptors (Lipinski definition) is 5. The van der Waals surface area contributed by atoms with Crippen molar-refractivity contribution < 1.29 is 19.4 Å². The molecule has 5 nitrogen and oxygen atoms in total. The fourth-order valence-corrected chi connectivity index (χ4v) is 0.860. The maximum atomic E-state index is 11.2. The highest BCUT2D eigenvalue weighted by Crippen LogP contribution is 1.97. The smallest absolute Gasteiger partial charge is 0.323 e. The highest BCUT2D eigenvalue weighted by Gasteiger charge is 2.17. The van der Waals surface area contributed by atoms with Gasteiger partial charge >= 0.3 is 5.97 Å². The van der Waals surface area contributed by atoms with E-state index < -0.39 is 12.0 Å². The Hall–Kier alpha value is -0.650. The van der Waals surface area contributed by atoms with E-state index in [4.69, 9.17) is 20.3 Å². The van der Waals surface area contributed by atoms with Gasteiger partial charge < -0.3 is 20.3 Å². The van der Waals surface area contributed by atoms with Crippen LogP contribution in [0.2, 0.25) is 0 Å². The van der Waals surface area contributed by atoms with E-state index in [1.165, 1.54) is 0 Å². The molecule has 0 bridgehead atoms. The molecular weight excluding hydrogens is 186 g/mol. The van der Waals surface area contributed by atoms with E-state index in [2.05, 4.69) is 0 Å². The Morgan fingerprint density at radius 1 is 1.57 bits per heavy atom. The van der Waals surface area contributed by atoms with Crippen LogP contribution in [0.25, 0.3) is 0 Å². The zero-order valence-electron chi connectivity index (χ0n) is 8.73. The summed E-state index contributed by atoms with van der Waals surface area (Å²) in [5.41, 5.74) is 5.43. The van der Waals surface area contributed by atoms with Crippen molar-refractivity contribution in [2.45, 2.75) is 32.4 Å². The van der Waals surface area contributed by atoms with E-state index in [0.29, 0.717) is 13.2 Å². The van der Waals surface area contributed by atoms with Crippen LogP contribution >= 0.6 is 0 Å². The zero-order valence-corrected chi connectivity index (χ0v) is 8.73. The Labute approximate surface area is 84.2 Å². The van der Waals surface area contributed by atoms with E-state index in [1.807, 2.05) is 6.92 Å². The minimum atomic E-state index is -0.746. The molecule has 0 aliphatic rings. The third-order valence-electron chi connectivity index (χ3n) is 1.62. The monoisotopic (exact) mass is 205 g/mol. The van der Waals surface area contributed by atoms with Gasteiger partial charge in [-0.15, -0.1) is 0 Å². The summed E-state index contributed by atoms with van der Waals surface area (Å²) < 4.78 is 10.0. The molecule has 0 radical (unpaired) electrons. The van der Waals surface area contributed by atoms with Crippen molar-refractivity contribution >= 4 is 5.97 Å². The normalized spacial score (nSPS) is 14.9. The predicted octanol–water partition coefficient (Wildman–Crippen LogP) is -0.336. The summed E-state index contributed by atoms with van der Waals surface area (Å²) in [7, 11) is 0. The van der Waals surface area contributed by atoms with Crippen molar-refractivity contribution in [2.24, 2.45) is 5.73 Å². The molecule has 2 unspecified atom stereocenters. The van der Waals surface area contributed by atoms with Gasteiger partial charge in [-0.3, -0.25) is 4.79 Å². The van der Waals surface area contributed by atoms with Gasteiger partial charge in [0.25, 0.3) is 0 Å². The van der Waals surface area contributed by atoms with Gasteiger partial charge in [-0.2, -0.15) is 0 Å². The number of rotatable bonds is 7. The number of ether oxygens (including phenoxy) is 2. The molecule has 5 heteroatoms. The molecule has 0 fully saturated rings. The van der Waals surface area contributed by atoms with E-state index in [-0.39, 0.29) is 19.1 Å². The lowest BCUT2D eigenvalue weighted by molar-refractivity contribution is -0.152. The largest absolute Gasteiger partial charge is 0.459 e. The van der Waals surface area contributed by atoms with Crippen molar-refractivity contribution in [1.29, 1.82) is 0 Å². The van der Waals surface area contributed by atoms with Crippen LogP contribution in [0.3, 0.4) is 0 Å². The first kappa shape index (κ1) is 13.4. The van der Waals surface area contributed by atoms with Gasteiger partial charge in [0.05, 0.1) is 6.61 Å². The molecule has 3 N–H and O–H groups in total. The van der Waals surface area contributed by atoms with E-state index in [9.17, 15) is 4.79 Å². The summed E-state index contributed by atoms with van der Waals surface area (Å²) in [5.74, 6) is -0.494. The van der Waals surface area contributed by atoms with Crippen LogP contribution in [0.15, 0.2) is 0 Å². The van der Waals surface area contributed by atoms with Crippen molar-refractivity contribution in [1.82, 2.24) is 0 Å². The standard InChI is InChI=1S/C9H19NO4/c1-3-13-6-7(2)14-9(12)8(10)4-5-11/h7-8,11H,3-6,10H2,1-2H3. The summed E-state index contributed by atoms with van der Waals surface area (Å²) in [6, 6.07) is -0.746. The Kier molecular flexibility index (Phi) is 7.37. The van der Waals surface area contributed by atoms with Crippen LogP contribution in [0.1, 0.15) is 20.3 Å². The highest BCUT2D eigenvalue weighted by atomic mass is 16.6. The molecule has 0 aromatic carbocycles. The molecule has 2 atom stereocenters. The fourth-order valence-electron chi connectivity index (χ4n) is 0.860. The number of aliphatic hydroxyl groups excluding tert-OH is 1. The van der Waals surface area contributed by atoms with Gasteiger partial charge in [0.1, 0.15) is 12.1 Å². The number of esters is 1. The molecule has 0 spiro atoms. The molecule has 84 valence electrons. The van der Waals surface area contributed by atoms with Crippen LogP contribution in [0.5, 0.6) is 0 Å². The lowest BCUT2D eigenvalue weighted by Crippen LogP contribution is -2.36. The summed E-state index contributed by atoms with van der Waals surface area (Å²) in [4.78, 5) is 11.2.